The summed E-state index contributed by atoms with van der Waals surface area (Å²) in [7, 11) is 4.12. The summed E-state index contributed by atoms with van der Waals surface area (Å²) in [4.78, 5) is 4.33. The molecule has 4 rings (SSSR count). The number of rotatable bonds is 3. The van der Waals surface area contributed by atoms with E-state index in [1.54, 1.807) is 11.3 Å². The fourth-order valence-corrected chi connectivity index (χ4v) is 4.37. The average molecular weight is 357 g/mol. The predicted molar refractivity (Wildman–Crippen MR) is 101 cm³/mol. The zero-order chi connectivity index (χ0) is 17.4. The van der Waals surface area contributed by atoms with Gasteiger partial charge in [0.05, 0.1) is 0 Å². The third-order valence-corrected chi connectivity index (χ3v) is 5.76. The molecule has 7 heteroatoms. The van der Waals surface area contributed by atoms with Crippen LogP contribution >= 0.6 is 11.3 Å². The van der Waals surface area contributed by atoms with Crippen molar-refractivity contribution in [2.24, 2.45) is 10.2 Å². The molecule has 1 unspecified atom stereocenters. The second-order valence-corrected chi connectivity index (χ2v) is 7.80. The molecular formula is C18H23N5OS. The number of benzene rings is 1. The molecule has 1 fully saturated rings. The van der Waals surface area contributed by atoms with E-state index in [0.717, 1.165) is 41.0 Å². The molecule has 132 valence electrons. The molecule has 2 aliphatic rings. The van der Waals surface area contributed by atoms with Gasteiger partial charge in [0.25, 0.3) is 0 Å². The van der Waals surface area contributed by atoms with Gasteiger partial charge in [-0.15, -0.1) is 16.5 Å². The summed E-state index contributed by atoms with van der Waals surface area (Å²) in [5, 5.41) is 25.8. The van der Waals surface area contributed by atoms with Gasteiger partial charge in [-0.05, 0) is 50.0 Å². The Morgan fingerprint density at radius 2 is 2.16 bits per heavy atom. The number of likely N-dealkylation sites (N-methyl/N-ethyl adjacent to an activating group) is 1. The Morgan fingerprint density at radius 3 is 2.96 bits per heavy atom. The fourth-order valence-electron chi connectivity index (χ4n) is 3.58. The molecule has 0 radical (unpaired) electrons. The van der Waals surface area contributed by atoms with Gasteiger partial charge in [-0.25, -0.2) is 0 Å². The number of nitrogens with one attached hydrogen (secondary N) is 1. The van der Waals surface area contributed by atoms with Gasteiger partial charge in [0.15, 0.2) is 12.0 Å². The van der Waals surface area contributed by atoms with Crippen LogP contribution in [0.15, 0.2) is 45.8 Å². The number of phenolic OH excluding ortho intramolecular Hbond substituents is 1. The summed E-state index contributed by atoms with van der Waals surface area (Å²) in [5.74, 6) is 1.09. The summed E-state index contributed by atoms with van der Waals surface area (Å²) in [6, 6.07) is 6.33. The lowest BCUT2D eigenvalue weighted by molar-refractivity contribution is 0.230. The fraction of sp³-hybridized carbons (Fsp3) is 0.444. The number of aromatic hydroxyl groups is 1. The van der Waals surface area contributed by atoms with E-state index in [2.05, 4.69) is 27.5 Å². The summed E-state index contributed by atoms with van der Waals surface area (Å²) >= 11 is 1.62. The third-order valence-electron chi connectivity index (χ3n) is 4.88. The number of azo groups is 1. The highest BCUT2D eigenvalue weighted by Crippen LogP contribution is 2.38. The first-order valence-electron chi connectivity index (χ1n) is 8.60. The van der Waals surface area contributed by atoms with Crippen LogP contribution in [-0.2, 0) is 0 Å². The zero-order valence-electron chi connectivity index (χ0n) is 14.5. The van der Waals surface area contributed by atoms with Gasteiger partial charge in [0.1, 0.15) is 5.75 Å². The van der Waals surface area contributed by atoms with E-state index in [0.29, 0.717) is 11.8 Å². The lowest BCUT2D eigenvalue weighted by Gasteiger charge is -2.32. The van der Waals surface area contributed by atoms with Gasteiger partial charge in [-0.3, -0.25) is 0 Å². The Labute approximate surface area is 151 Å². The van der Waals surface area contributed by atoms with E-state index < -0.39 is 0 Å². The molecule has 6 nitrogen and oxygen atoms in total. The van der Waals surface area contributed by atoms with Gasteiger partial charge in [0, 0.05) is 41.5 Å². The Kier molecular flexibility index (Phi) is 4.35. The zero-order valence-corrected chi connectivity index (χ0v) is 15.3. The lowest BCUT2D eigenvalue weighted by atomic mass is 10.1. The molecule has 2 aliphatic heterocycles. The Hall–Kier alpha value is -2.12. The molecule has 1 saturated heterocycles. The highest BCUT2D eigenvalue weighted by molar-refractivity contribution is 7.17. The van der Waals surface area contributed by atoms with E-state index >= 15 is 0 Å². The molecule has 1 aromatic carbocycles. The third kappa shape index (κ3) is 3.21. The van der Waals surface area contributed by atoms with Crippen molar-refractivity contribution < 1.29 is 5.11 Å². The van der Waals surface area contributed by atoms with Gasteiger partial charge < -0.3 is 20.2 Å². The van der Waals surface area contributed by atoms with E-state index in [1.807, 2.05) is 41.7 Å². The summed E-state index contributed by atoms with van der Waals surface area (Å²) in [6.45, 7) is 2.18. The predicted octanol–water partition coefficient (Wildman–Crippen LogP) is 3.49. The van der Waals surface area contributed by atoms with Crippen molar-refractivity contribution >= 4 is 21.4 Å². The van der Waals surface area contributed by atoms with Crippen molar-refractivity contribution in [1.82, 2.24) is 15.1 Å². The largest absolute Gasteiger partial charge is 0.507 e. The standard InChI is InChI=1S/C18H23N5OS/c1-22-8-3-4-12(10-22)19-16-11-23(2)18(21-20-16)14-5-6-15-13(17(14)24)7-9-25-15/h5-7,9,11-12,18-19,24H,3-4,8,10H2,1-2H3/t12?,18-/m0/s1. The van der Waals surface area contributed by atoms with Gasteiger partial charge in [0.2, 0.25) is 0 Å². The van der Waals surface area contributed by atoms with E-state index in [-0.39, 0.29) is 6.17 Å². The van der Waals surface area contributed by atoms with Crippen molar-refractivity contribution in [3.05, 3.63) is 41.2 Å². The van der Waals surface area contributed by atoms with Crippen LogP contribution in [0.5, 0.6) is 5.75 Å². The van der Waals surface area contributed by atoms with E-state index in [1.165, 1.54) is 6.42 Å². The first-order valence-corrected chi connectivity index (χ1v) is 9.48. The summed E-state index contributed by atoms with van der Waals surface area (Å²) in [5.41, 5.74) is 0.782. The maximum absolute atomic E-state index is 10.6. The molecule has 2 N–H and O–H groups in total. The summed E-state index contributed by atoms with van der Waals surface area (Å²) in [6.07, 6.45) is 4.03. The Bertz CT molecular complexity index is 830. The first kappa shape index (κ1) is 16.4. The Balaban J connectivity index is 1.51. The van der Waals surface area contributed by atoms with Crippen molar-refractivity contribution in [3.8, 4) is 5.75 Å². The smallest absolute Gasteiger partial charge is 0.171 e. The molecule has 0 aliphatic carbocycles. The molecule has 3 heterocycles. The molecule has 2 aromatic rings. The average Bonchev–Trinajstić information content (AvgIpc) is 3.06. The van der Waals surface area contributed by atoms with Crippen LogP contribution in [0.25, 0.3) is 10.1 Å². The summed E-state index contributed by atoms with van der Waals surface area (Å²) < 4.78 is 1.08. The second kappa shape index (κ2) is 6.65. The first-order chi connectivity index (χ1) is 12.1. The minimum absolute atomic E-state index is 0.299. The second-order valence-electron chi connectivity index (χ2n) is 6.85. The normalized spacial score (nSPS) is 24.6. The van der Waals surface area contributed by atoms with Crippen molar-refractivity contribution in [3.63, 3.8) is 0 Å². The lowest BCUT2D eigenvalue weighted by Crippen LogP contribution is -2.43. The van der Waals surface area contributed by atoms with Crippen molar-refractivity contribution in [1.29, 1.82) is 0 Å². The number of phenols is 1. The van der Waals surface area contributed by atoms with Gasteiger partial charge in [-0.2, -0.15) is 5.11 Å². The monoisotopic (exact) mass is 357 g/mol. The van der Waals surface area contributed by atoms with Gasteiger partial charge in [-0.1, -0.05) is 0 Å². The van der Waals surface area contributed by atoms with Crippen molar-refractivity contribution in [2.45, 2.75) is 25.0 Å². The maximum atomic E-state index is 10.6. The van der Waals surface area contributed by atoms with Crippen LogP contribution < -0.4 is 5.32 Å². The quantitative estimate of drug-likeness (QED) is 0.883. The topological polar surface area (TPSA) is 63.5 Å². The SMILES string of the molecule is CN1CCCC(NC2=CN(C)[C@@H](c3ccc4sccc4c3O)N=N2)C1. The Morgan fingerprint density at radius 1 is 1.28 bits per heavy atom. The van der Waals surface area contributed by atoms with Crippen LogP contribution in [0.1, 0.15) is 24.6 Å². The van der Waals surface area contributed by atoms with E-state index in [9.17, 15) is 5.11 Å². The number of piperidine rings is 1. The molecule has 0 amide bonds. The minimum Gasteiger partial charge on any atom is -0.507 e. The molecule has 1 aromatic heterocycles. The van der Waals surface area contributed by atoms with Crippen LogP contribution in [0, 0.1) is 0 Å². The van der Waals surface area contributed by atoms with Crippen LogP contribution in [0.2, 0.25) is 0 Å². The molecule has 0 spiro atoms. The van der Waals surface area contributed by atoms with Crippen LogP contribution in [-0.4, -0.2) is 48.1 Å². The highest BCUT2D eigenvalue weighted by Gasteiger charge is 2.24. The number of thiophene rings is 1. The number of hydrogen-bond donors (Lipinski definition) is 2. The molecule has 2 atom stereocenters. The number of nitrogens with zero attached hydrogens (tertiary/aromatic N) is 4. The minimum atomic E-state index is -0.302. The van der Waals surface area contributed by atoms with Crippen LogP contribution in [0.3, 0.4) is 0 Å². The molecule has 0 bridgehead atoms. The van der Waals surface area contributed by atoms with Gasteiger partial charge >= 0.3 is 0 Å². The number of fused-ring (bicyclic) bond motifs is 1. The molecule has 0 saturated carbocycles. The number of hydrogen-bond acceptors (Lipinski definition) is 7. The molecular weight excluding hydrogens is 334 g/mol. The highest BCUT2D eigenvalue weighted by atomic mass is 32.1. The number of likely N-dealkylation sites (tertiary alicyclic amines) is 1. The molecule has 25 heavy (non-hydrogen) atoms. The van der Waals surface area contributed by atoms with E-state index in [4.69, 9.17) is 0 Å². The maximum Gasteiger partial charge on any atom is 0.171 e. The van der Waals surface area contributed by atoms with Crippen LogP contribution in [0.4, 0.5) is 0 Å². The van der Waals surface area contributed by atoms with Crippen molar-refractivity contribution in [2.75, 3.05) is 27.2 Å².